The summed E-state index contributed by atoms with van der Waals surface area (Å²) < 4.78 is 4.29. The van der Waals surface area contributed by atoms with Crippen LogP contribution in [-0.4, -0.2) is 44.2 Å². The van der Waals surface area contributed by atoms with Crippen LogP contribution < -0.4 is 0 Å². The largest absolute Gasteiger partial charge is 0.505 e. The van der Waals surface area contributed by atoms with Crippen LogP contribution in [0.15, 0.2) is 11.5 Å². The summed E-state index contributed by atoms with van der Waals surface area (Å²) in [6.45, 7) is -0.941. The predicted octanol–water partition coefficient (Wildman–Crippen LogP) is -0.841. The number of esters is 1. The van der Waals surface area contributed by atoms with Crippen molar-refractivity contribution >= 4 is 17.6 Å². The molecule has 1 heterocycles. The molecule has 0 spiro atoms. The highest BCUT2D eigenvalue weighted by Crippen LogP contribution is 2.30. The van der Waals surface area contributed by atoms with Crippen molar-refractivity contribution in [2.24, 2.45) is 0 Å². The molecule has 6 nitrogen and oxygen atoms in total. The molecule has 7 heteroatoms. The Balaban J connectivity index is 2.94. The minimum Gasteiger partial charge on any atom is -0.505 e. The molecule has 0 saturated heterocycles. The van der Waals surface area contributed by atoms with Crippen LogP contribution >= 0.6 is 11.6 Å². The topological polar surface area (TPSA) is 107 Å². The maximum absolute atomic E-state index is 10.6. The molecule has 0 unspecified atom stereocenters. The van der Waals surface area contributed by atoms with Gasteiger partial charge in [0.1, 0.15) is 0 Å². The molecule has 0 bridgehead atoms. The molecular weight excluding hydrogens is 204 g/mol. The molecule has 1 aliphatic rings. The Labute approximate surface area is 77.6 Å². The molecule has 0 radical (unpaired) electrons. The van der Waals surface area contributed by atoms with Crippen LogP contribution in [0.1, 0.15) is 0 Å². The first-order valence-electron chi connectivity index (χ1n) is 3.25. The van der Waals surface area contributed by atoms with Gasteiger partial charge in [-0.05, 0) is 0 Å². The number of cyclic esters (lactones) is 1. The first-order chi connectivity index (χ1) is 5.90. The van der Waals surface area contributed by atoms with Gasteiger partial charge >= 0.3 is 5.97 Å². The predicted molar refractivity (Wildman–Crippen MR) is 40.1 cm³/mol. The molecule has 0 aliphatic carbocycles. The number of hydrogen-bond donors (Lipinski definition) is 4. The second-order valence-corrected chi connectivity index (χ2v) is 3.15. The minimum atomic E-state index is -2.33. The number of carbonyl (C=O) groups is 1. The quantitative estimate of drug-likeness (QED) is 0.350. The van der Waals surface area contributed by atoms with Crippen LogP contribution in [0.2, 0.25) is 0 Å². The van der Waals surface area contributed by atoms with E-state index in [1.165, 1.54) is 0 Å². The average molecular weight is 211 g/mol. The minimum absolute atomic E-state index is 0.892. The lowest BCUT2D eigenvalue weighted by atomic mass is 10.2. The molecule has 74 valence electrons. The third-order valence-corrected chi connectivity index (χ3v) is 1.85. The van der Waals surface area contributed by atoms with E-state index in [2.05, 4.69) is 4.74 Å². The Morgan fingerprint density at radius 2 is 2.08 bits per heavy atom. The smallest absolute Gasteiger partial charge is 0.378 e. The van der Waals surface area contributed by atoms with E-state index in [-0.39, 0.29) is 0 Å². The summed E-state index contributed by atoms with van der Waals surface area (Å²) >= 11 is 5.28. The van der Waals surface area contributed by atoms with Gasteiger partial charge in [-0.2, -0.15) is 0 Å². The lowest BCUT2D eigenvalue weighted by Crippen LogP contribution is -2.41. The third kappa shape index (κ3) is 1.55. The first kappa shape index (κ1) is 10.1. The van der Waals surface area contributed by atoms with Crippen molar-refractivity contribution in [2.75, 3.05) is 6.61 Å². The van der Waals surface area contributed by atoms with Crippen molar-refractivity contribution in [3.63, 3.8) is 0 Å². The molecule has 13 heavy (non-hydrogen) atoms. The Kier molecular flexibility index (Phi) is 2.38. The Bertz CT molecular complexity index is 270. The van der Waals surface area contributed by atoms with E-state index in [1.54, 1.807) is 0 Å². The molecule has 0 aromatic carbocycles. The molecule has 4 N–H and O–H groups in total. The molecule has 0 aromatic rings. The Morgan fingerprint density at radius 3 is 2.38 bits per heavy atom. The molecule has 0 amide bonds. The van der Waals surface area contributed by atoms with Crippen LogP contribution in [0.3, 0.4) is 0 Å². The fourth-order valence-corrected chi connectivity index (χ4v) is 0.978. The van der Waals surface area contributed by atoms with Gasteiger partial charge < -0.3 is 25.2 Å². The molecule has 0 fully saturated rings. The van der Waals surface area contributed by atoms with E-state index < -0.39 is 35.3 Å². The van der Waals surface area contributed by atoms with E-state index in [0.717, 1.165) is 0 Å². The number of rotatable bonds is 2. The Morgan fingerprint density at radius 1 is 1.54 bits per heavy atom. The van der Waals surface area contributed by atoms with E-state index in [9.17, 15) is 4.79 Å². The maximum atomic E-state index is 10.6. The summed E-state index contributed by atoms with van der Waals surface area (Å²) in [6, 6.07) is 0. The van der Waals surface area contributed by atoms with Crippen molar-refractivity contribution in [3.8, 4) is 0 Å². The van der Waals surface area contributed by atoms with Gasteiger partial charge in [0.15, 0.2) is 5.76 Å². The van der Waals surface area contributed by atoms with Gasteiger partial charge in [-0.25, -0.2) is 4.79 Å². The summed E-state index contributed by atoms with van der Waals surface area (Å²) in [5.41, 5.74) is 0. The molecule has 0 saturated carbocycles. The number of alkyl halides is 1. The maximum Gasteiger partial charge on any atom is 0.378 e. The zero-order valence-electron chi connectivity index (χ0n) is 6.27. The summed E-state index contributed by atoms with van der Waals surface area (Å²) in [6.07, 6.45) is -1.65. The fraction of sp³-hybridized carbons (Fsp3) is 0.500. The average Bonchev–Trinajstić information content (AvgIpc) is 2.33. The number of halogens is 1. The first-order valence-corrected chi connectivity index (χ1v) is 3.63. The van der Waals surface area contributed by atoms with Crippen LogP contribution in [0, 0.1) is 0 Å². The lowest BCUT2D eigenvalue weighted by Gasteiger charge is -2.23. The zero-order valence-corrected chi connectivity index (χ0v) is 7.02. The van der Waals surface area contributed by atoms with E-state index in [4.69, 9.17) is 32.0 Å². The highest BCUT2D eigenvalue weighted by Gasteiger charge is 2.47. The van der Waals surface area contributed by atoms with Crippen molar-refractivity contribution in [3.05, 3.63) is 11.5 Å². The van der Waals surface area contributed by atoms with Crippen molar-refractivity contribution in [1.29, 1.82) is 0 Å². The van der Waals surface area contributed by atoms with Gasteiger partial charge in [0, 0.05) is 0 Å². The van der Waals surface area contributed by atoms with Crippen LogP contribution in [0.5, 0.6) is 0 Å². The highest BCUT2D eigenvalue weighted by molar-refractivity contribution is 6.23. The monoisotopic (exact) mass is 210 g/mol. The van der Waals surface area contributed by atoms with Gasteiger partial charge in [0.25, 0.3) is 0 Å². The van der Waals surface area contributed by atoms with Crippen molar-refractivity contribution in [1.82, 2.24) is 0 Å². The molecule has 0 aromatic heterocycles. The normalized spacial score (nSPS) is 27.3. The molecular formula is C6H7ClO6. The fourth-order valence-electron chi connectivity index (χ4n) is 0.830. The number of hydrogen-bond acceptors (Lipinski definition) is 6. The van der Waals surface area contributed by atoms with Crippen molar-refractivity contribution < 1.29 is 30.0 Å². The summed E-state index contributed by atoms with van der Waals surface area (Å²) in [5.74, 6) is -3.11. The van der Waals surface area contributed by atoms with E-state index in [1.807, 2.05) is 0 Å². The van der Waals surface area contributed by atoms with Crippen LogP contribution in [-0.2, 0) is 9.53 Å². The van der Waals surface area contributed by atoms with Crippen LogP contribution in [0.25, 0.3) is 0 Å². The van der Waals surface area contributed by atoms with Gasteiger partial charge in [-0.3, -0.25) is 0 Å². The van der Waals surface area contributed by atoms with Gasteiger partial charge in [-0.15, -0.1) is 0 Å². The summed E-state index contributed by atoms with van der Waals surface area (Å²) in [7, 11) is 0. The highest BCUT2D eigenvalue weighted by atomic mass is 35.5. The second kappa shape index (κ2) is 3.06. The second-order valence-electron chi connectivity index (χ2n) is 2.50. The van der Waals surface area contributed by atoms with Crippen molar-refractivity contribution in [2.45, 2.75) is 11.2 Å². The number of aliphatic hydroxyl groups excluding tert-OH is 3. The summed E-state index contributed by atoms with van der Waals surface area (Å²) in [4.78, 5) is 10.6. The van der Waals surface area contributed by atoms with E-state index in [0.29, 0.717) is 0 Å². The van der Waals surface area contributed by atoms with Gasteiger partial charge in [0.2, 0.25) is 16.9 Å². The van der Waals surface area contributed by atoms with Crippen LogP contribution in [0.4, 0.5) is 0 Å². The lowest BCUT2D eigenvalue weighted by molar-refractivity contribution is -0.150. The zero-order chi connectivity index (χ0) is 10.2. The molecule has 1 rings (SSSR count). The van der Waals surface area contributed by atoms with Gasteiger partial charge in [0.05, 0.1) is 6.61 Å². The molecule has 1 aliphatic heterocycles. The van der Waals surface area contributed by atoms with E-state index >= 15 is 0 Å². The Hall–Kier alpha value is -0.980. The SMILES string of the molecule is O=C1O[C@H]([C@](O)(Cl)CO)C(O)=C1O. The number of carbonyl (C=O) groups excluding carboxylic acids is 1. The molecule has 2 atom stereocenters. The number of ether oxygens (including phenoxy) is 1. The van der Waals surface area contributed by atoms with Gasteiger partial charge in [-0.1, -0.05) is 11.6 Å². The standard InChI is InChI=1S/C6H7ClO6/c7-6(12,1-8)4-2(9)3(10)5(11)13-4/h4,8-10,12H,1H2/t4-,6-/m0/s1. The summed E-state index contributed by atoms with van der Waals surface area (Å²) in [5, 5.41) is 33.2. The third-order valence-electron chi connectivity index (χ3n) is 1.53. The number of aliphatic hydroxyl groups is 4.